The molecule has 382 valence electrons. The van der Waals surface area contributed by atoms with Crippen LogP contribution >= 0.6 is 0 Å². The standard InChI is InChI=1S/C59H110O6/c1-4-7-10-13-16-19-22-25-27-28-29-30-32-34-37-40-43-46-49-52-58(61)64-55-56(54-63-57(60)51-48-45-42-39-36-33-24-21-18-15-12-9-6-3)65-59(62)53-50-47-44-41-38-35-31-26-23-20-17-14-11-8-5-2/h16,19,25,27,56H,4-15,17-18,20-24,26,28-55H2,1-3H3/b19-16-,27-25-. The second kappa shape index (κ2) is 54.5. The summed E-state index contributed by atoms with van der Waals surface area (Å²) in [7, 11) is 0. The fourth-order valence-electron chi connectivity index (χ4n) is 8.59. The average Bonchev–Trinajstić information content (AvgIpc) is 3.30. The third kappa shape index (κ3) is 52.7. The van der Waals surface area contributed by atoms with Crippen molar-refractivity contribution in [2.75, 3.05) is 13.2 Å². The Hall–Kier alpha value is -2.11. The Labute approximate surface area is 404 Å². The zero-order chi connectivity index (χ0) is 47.2. The van der Waals surface area contributed by atoms with Crippen LogP contribution in [0, 0.1) is 0 Å². The van der Waals surface area contributed by atoms with Gasteiger partial charge in [-0.05, 0) is 51.4 Å². The molecule has 65 heavy (non-hydrogen) atoms. The van der Waals surface area contributed by atoms with E-state index in [-0.39, 0.29) is 31.1 Å². The molecule has 0 heterocycles. The number of hydrogen-bond acceptors (Lipinski definition) is 6. The van der Waals surface area contributed by atoms with Crippen molar-refractivity contribution in [1.82, 2.24) is 0 Å². The molecule has 0 rings (SSSR count). The molecule has 1 unspecified atom stereocenters. The molecular formula is C59H110O6. The van der Waals surface area contributed by atoms with Crippen LogP contribution in [0.5, 0.6) is 0 Å². The van der Waals surface area contributed by atoms with Crippen molar-refractivity contribution in [3.05, 3.63) is 24.3 Å². The van der Waals surface area contributed by atoms with Crippen LogP contribution in [0.4, 0.5) is 0 Å². The van der Waals surface area contributed by atoms with Crippen molar-refractivity contribution >= 4 is 17.9 Å². The van der Waals surface area contributed by atoms with Gasteiger partial charge in [-0.15, -0.1) is 0 Å². The summed E-state index contributed by atoms with van der Waals surface area (Å²) in [5.74, 6) is -0.850. The number of esters is 3. The largest absolute Gasteiger partial charge is 0.462 e. The lowest BCUT2D eigenvalue weighted by Gasteiger charge is -2.18. The zero-order valence-electron chi connectivity index (χ0n) is 43.8. The molecule has 0 aliphatic heterocycles. The Morgan fingerprint density at radius 1 is 0.308 bits per heavy atom. The minimum Gasteiger partial charge on any atom is -0.462 e. The monoisotopic (exact) mass is 915 g/mol. The predicted octanol–water partition coefficient (Wildman–Crippen LogP) is 19.1. The zero-order valence-corrected chi connectivity index (χ0v) is 43.8. The number of allylic oxidation sites excluding steroid dienone is 4. The maximum absolute atomic E-state index is 12.8. The van der Waals surface area contributed by atoms with Crippen LogP contribution in [0.25, 0.3) is 0 Å². The van der Waals surface area contributed by atoms with Crippen LogP contribution in [0.3, 0.4) is 0 Å². The number of carbonyl (C=O) groups excluding carboxylic acids is 3. The molecule has 0 saturated carbocycles. The maximum atomic E-state index is 12.8. The first-order valence-corrected chi connectivity index (χ1v) is 28.8. The first-order valence-electron chi connectivity index (χ1n) is 28.8. The van der Waals surface area contributed by atoms with Gasteiger partial charge in [0.15, 0.2) is 6.10 Å². The van der Waals surface area contributed by atoms with Crippen LogP contribution in [0.2, 0.25) is 0 Å². The highest BCUT2D eigenvalue weighted by molar-refractivity contribution is 5.71. The third-order valence-corrected chi connectivity index (χ3v) is 13.0. The topological polar surface area (TPSA) is 78.9 Å². The molecule has 6 nitrogen and oxygen atoms in total. The Balaban J connectivity index is 4.31. The molecule has 0 saturated heterocycles. The SMILES string of the molecule is CCCCC/C=C\C/C=C\CCCCCCCCCCCC(=O)OCC(COC(=O)CCCCCCCCCCCCCCC)OC(=O)CCCCCCCCCCCCCCCCC. The quantitative estimate of drug-likeness (QED) is 0.0262. The summed E-state index contributed by atoms with van der Waals surface area (Å²) in [4.78, 5) is 38.1. The van der Waals surface area contributed by atoms with E-state index >= 15 is 0 Å². The first kappa shape index (κ1) is 62.9. The summed E-state index contributed by atoms with van der Waals surface area (Å²) in [6.45, 7) is 6.66. The van der Waals surface area contributed by atoms with Crippen LogP contribution < -0.4 is 0 Å². The molecule has 0 N–H and O–H groups in total. The first-order chi connectivity index (χ1) is 32.0. The Kier molecular flexibility index (Phi) is 52.7. The van der Waals surface area contributed by atoms with E-state index in [9.17, 15) is 14.4 Å². The van der Waals surface area contributed by atoms with Crippen molar-refractivity contribution in [2.45, 2.75) is 322 Å². The van der Waals surface area contributed by atoms with Gasteiger partial charge in [0.05, 0.1) is 0 Å². The Morgan fingerprint density at radius 2 is 0.554 bits per heavy atom. The van der Waals surface area contributed by atoms with Crippen LogP contribution in [0.1, 0.15) is 316 Å². The highest BCUT2D eigenvalue weighted by atomic mass is 16.6. The van der Waals surface area contributed by atoms with E-state index in [2.05, 4.69) is 45.1 Å². The second-order valence-electron chi connectivity index (χ2n) is 19.6. The summed E-state index contributed by atoms with van der Waals surface area (Å²) < 4.78 is 16.9. The van der Waals surface area contributed by atoms with Gasteiger partial charge in [0.1, 0.15) is 13.2 Å². The number of carbonyl (C=O) groups is 3. The lowest BCUT2D eigenvalue weighted by atomic mass is 10.0. The molecular weight excluding hydrogens is 805 g/mol. The lowest BCUT2D eigenvalue weighted by Crippen LogP contribution is -2.30. The average molecular weight is 916 g/mol. The van der Waals surface area contributed by atoms with Crippen molar-refractivity contribution in [3.8, 4) is 0 Å². The summed E-state index contributed by atoms with van der Waals surface area (Å²) in [5, 5.41) is 0. The second-order valence-corrected chi connectivity index (χ2v) is 19.6. The van der Waals surface area contributed by atoms with Gasteiger partial charge < -0.3 is 14.2 Å². The molecule has 0 aromatic carbocycles. The van der Waals surface area contributed by atoms with Gasteiger partial charge in [-0.2, -0.15) is 0 Å². The molecule has 0 spiro atoms. The smallest absolute Gasteiger partial charge is 0.306 e. The number of rotatable bonds is 53. The third-order valence-electron chi connectivity index (χ3n) is 13.0. The minimum absolute atomic E-state index is 0.0668. The molecule has 0 aliphatic rings. The van der Waals surface area contributed by atoms with E-state index in [1.807, 2.05) is 0 Å². The molecule has 1 atom stereocenters. The Bertz CT molecular complexity index is 1050. The van der Waals surface area contributed by atoms with E-state index in [0.717, 1.165) is 64.2 Å². The van der Waals surface area contributed by atoms with Gasteiger partial charge in [-0.1, -0.05) is 270 Å². The van der Waals surface area contributed by atoms with E-state index in [1.165, 1.54) is 212 Å². The summed E-state index contributed by atoms with van der Waals surface area (Å²) in [6, 6.07) is 0. The molecule has 0 aromatic heterocycles. The predicted molar refractivity (Wildman–Crippen MR) is 279 cm³/mol. The van der Waals surface area contributed by atoms with E-state index < -0.39 is 6.10 Å². The van der Waals surface area contributed by atoms with Crippen molar-refractivity contribution in [1.29, 1.82) is 0 Å². The molecule has 0 amide bonds. The summed E-state index contributed by atoms with van der Waals surface area (Å²) >= 11 is 0. The molecule has 0 bridgehead atoms. The van der Waals surface area contributed by atoms with Gasteiger partial charge in [0.2, 0.25) is 0 Å². The van der Waals surface area contributed by atoms with Gasteiger partial charge >= 0.3 is 17.9 Å². The fraction of sp³-hybridized carbons (Fsp3) is 0.881. The van der Waals surface area contributed by atoms with Crippen molar-refractivity contribution < 1.29 is 28.6 Å². The number of hydrogen-bond donors (Lipinski definition) is 0. The maximum Gasteiger partial charge on any atom is 0.306 e. The van der Waals surface area contributed by atoms with E-state index in [0.29, 0.717) is 19.3 Å². The van der Waals surface area contributed by atoms with Crippen molar-refractivity contribution in [3.63, 3.8) is 0 Å². The molecule has 0 radical (unpaired) electrons. The fourth-order valence-corrected chi connectivity index (χ4v) is 8.59. The Morgan fingerprint density at radius 3 is 0.877 bits per heavy atom. The van der Waals surface area contributed by atoms with Gasteiger partial charge in [-0.3, -0.25) is 14.4 Å². The van der Waals surface area contributed by atoms with Crippen LogP contribution in [-0.4, -0.2) is 37.2 Å². The highest BCUT2D eigenvalue weighted by Crippen LogP contribution is 2.17. The summed E-state index contributed by atoms with van der Waals surface area (Å²) in [6.07, 6.45) is 63.0. The van der Waals surface area contributed by atoms with Gasteiger partial charge in [-0.25, -0.2) is 0 Å². The van der Waals surface area contributed by atoms with E-state index in [4.69, 9.17) is 14.2 Å². The van der Waals surface area contributed by atoms with E-state index in [1.54, 1.807) is 0 Å². The van der Waals surface area contributed by atoms with Crippen LogP contribution in [0.15, 0.2) is 24.3 Å². The lowest BCUT2D eigenvalue weighted by molar-refractivity contribution is -0.167. The van der Waals surface area contributed by atoms with Crippen LogP contribution in [-0.2, 0) is 28.6 Å². The normalized spacial score (nSPS) is 12.1. The number of unbranched alkanes of at least 4 members (excludes halogenated alkanes) is 38. The molecule has 0 aromatic rings. The highest BCUT2D eigenvalue weighted by Gasteiger charge is 2.19. The molecule has 6 heteroatoms. The number of ether oxygens (including phenoxy) is 3. The van der Waals surface area contributed by atoms with Crippen molar-refractivity contribution in [2.24, 2.45) is 0 Å². The molecule has 0 fully saturated rings. The summed E-state index contributed by atoms with van der Waals surface area (Å²) in [5.41, 5.74) is 0. The van der Waals surface area contributed by atoms with Gasteiger partial charge in [0, 0.05) is 19.3 Å². The minimum atomic E-state index is -0.767. The van der Waals surface area contributed by atoms with Gasteiger partial charge in [0.25, 0.3) is 0 Å². The molecule has 0 aliphatic carbocycles.